The molecule has 1 aliphatic heterocycles. The minimum atomic E-state index is -0.522. The number of benzene rings is 2. The Morgan fingerprint density at radius 3 is 2.67 bits per heavy atom. The topological polar surface area (TPSA) is 58.2 Å². The number of carbonyl (C=O) groups is 2. The highest BCUT2D eigenvalue weighted by atomic mass is 32.2. The van der Waals surface area contributed by atoms with Crippen LogP contribution in [0.5, 0.6) is 0 Å². The van der Waals surface area contributed by atoms with E-state index in [4.69, 9.17) is 0 Å². The Kier molecular flexibility index (Phi) is 5.56. The number of anilines is 1. The molecule has 1 unspecified atom stereocenters. The second-order valence-electron chi connectivity index (χ2n) is 7.63. The molecule has 1 atom stereocenters. The third-order valence-corrected chi connectivity index (χ3v) is 5.50. The van der Waals surface area contributed by atoms with Crippen molar-refractivity contribution in [1.29, 1.82) is 0 Å². The van der Waals surface area contributed by atoms with E-state index in [1.165, 1.54) is 12.1 Å². The van der Waals surface area contributed by atoms with Crippen LogP contribution in [0.3, 0.4) is 0 Å². The molecule has 2 amide bonds. The van der Waals surface area contributed by atoms with Crippen LogP contribution in [-0.4, -0.2) is 17.6 Å². The molecular weight excluding hydrogens is 363 g/mol. The summed E-state index contributed by atoms with van der Waals surface area (Å²) in [5, 5.41) is 5.83. The standard InChI is InChI=1S/C21H23FN2O2S/c1-21(2,3)20(26)23-15-6-4-5-13(11-15)19(25)24-17-9-10-27-18-8-7-14(22)12-16(17)18/h4-8,11-12,17H,9-10H2,1-3H3,(H,23,26)(H,24,25). The molecule has 3 rings (SSSR count). The van der Waals surface area contributed by atoms with Crippen LogP contribution in [0.15, 0.2) is 47.4 Å². The van der Waals surface area contributed by atoms with E-state index in [9.17, 15) is 14.0 Å². The lowest BCUT2D eigenvalue weighted by Crippen LogP contribution is -2.31. The molecule has 1 heterocycles. The Morgan fingerprint density at radius 1 is 1.15 bits per heavy atom. The molecular formula is C21H23FN2O2S. The summed E-state index contributed by atoms with van der Waals surface area (Å²) in [4.78, 5) is 25.9. The van der Waals surface area contributed by atoms with Crippen molar-refractivity contribution >= 4 is 29.3 Å². The van der Waals surface area contributed by atoms with E-state index >= 15 is 0 Å². The van der Waals surface area contributed by atoms with Gasteiger partial charge >= 0.3 is 0 Å². The van der Waals surface area contributed by atoms with Gasteiger partial charge in [-0.05, 0) is 48.4 Å². The summed E-state index contributed by atoms with van der Waals surface area (Å²) in [6.07, 6.45) is 0.743. The number of amides is 2. The molecule has 0 saturated heterocycles. The third kappa shape index (κ3) is 4.69. The first kappa shape index (κ1) is 19.4. The maximum absolute atomic E-state index is 13.6. The van der Waals surface area contributed by atoms with Crippen LogP contribution >= 0.6 is 11.8 Å². The lowest BCUT2D eigenvalue weighted by Gasteiger charge is -2.26. The van der Waals surface area contributed by atoms with Crippen molar-refractivity contribution in [2.24, 2.45) is 5.41 Å². The van der Waals surface area contributed by atoms with Gasteiger partial charge in [-0.3, -0.25) is 9.59 Å². The van der Waals surface area contributed by atoms with Gasteiger partial charge in [0.15, 0.2) is 0 Å². The van der Waals surface area contributed by atoms with Crippen LogP contribution < -0.4 is 10.6 Å². The van der Waals surface area contributed by atoms with E-state index in [1.807, 2.05) is 20.8 Å². The van der Waals surface area contributed by atoms with Crippen molar-refractivity contribution < 1.29 is 14.0 Å². The van der Waals surface area contributed by atoms with Crippen LogP contribution in [-0.2, 0) is 4.79 Å². The van der Waals surface area contributed by atoms with E-state index < -0.39 is 5.41 Å². The molecule has 0 aromatic heterocycles. The number of rotatable bonds is 3. The maximum Gasteiger partial charge on any atom is 0.251 e. The fourth-order valence-corrected chi connectivity index (χ4v) is 3.92. The third-order valence-electron chi connectivity index (χ3n) is 4.38. The number of fused-ring (bicyclic) bond motifs is 1. The fraction of sp³-hybridized carbons (Fsp3) is 0.333. The van der Waals surface area contributed by atoms with Crippen LogP contribution in [0.2, 0.25) is 0 Å². The smallest absolute Gasteiger partial charge is 0.251 e. The van der Waals surface area contributed by atoms with Crippen molar-refractivity contribution in [3.05, 3.63) is 59.4 Å². The largest absolute Gasteiger partial charge is 0.345 e. The zero-order valence-corrected chi connectivity index (χ0v) is 16.5. The molecule has 142 valence electrons. The highest BCUT2D eigenvalue weighted by molar-refractivity contribution is 7.99. The summed E-state index contributed by atoms with van der Waals surface area (Å²) >= 11 is 1.67. The first-order valence-electron chi connectivity index (χ1n) is 8.89. The lowest BCUT2D eigenvalue weighted by atomic mass is 9.95. The minimum absolute atomic E-state index is 0.117. The molecule has 0 bridgehead atoms. The number of nitrogens with one attached hydrogen (secondary N) is 2. The SMILES string of the molecule is CC(C)(C)C(=O)Nc1cccc(C(=O)NC2CCSc3ccc(F)cc32)c1. The van der Waals surface area contributed by atoms with Gasteiger partial charge in [0, 0.05) is 27.3 Å². The number of thioether (sulfide) groups is 1. The summed E-state index contributed by atoms with van der Waals surface area (Å²) in [5.41, 5.74) is 1.33. The molecule has 0 fully saturated rings. The van der Waals surface area contributed by atoms with Gasteiger partial charge in [-0.25, -0.2) is 4.39 Å². The summed E-state index contributed by atoms with van der Waals surface area (Å²) < 4.78 is 13.6. The predicted octanol–water partition coefficient (Wildman–Crippen LogP) is 4.78. The number of hydrogen-bond donors (Lipinski definition) is 2. The van der Waals surface area contributed by atoms with Crippen LogP contribution in [0.1, 0.15) is 49.2 Å². The minimum Gasteiger partial charge on any atom is -0.345 e. The maximum atomic E-state index is 13.6. The molecule has 1 aliphatic rings. The van der Waals surface area contributed by atoms with Crippen molar-refractivity contribution in [3.63, 3.8) is 0 Å². The molecule has 27 heavy (non-hydrogen) atoms. The fourth-order valence-electron chi connectivity index (χ4n) is 2.81. The summed E-state index contributed by atoms with van der Waals surface area (Å²) in [5.74, 6) is 0.204. The second-order valence-corrected chi connectivity index (χ2v) is 8.77. The van der Waals surface area contributed by atoms with E-state index in [-0.39, 0.29) is 23.7 Å². The van der Waals surface area contributed by atoms with Crippen molar-refractivity contribution in [2.45, 2.75) is 38.1 Å². The normalized spacial score (nSPS) is 16.4. The van der Waals surface area contributed by atoms with E-state index in [1.54, 1.807) is 42.1 Å². The van der Waals surface area contributed by atoms with Gasteiger partial charge in [0.05, 0.1) is 6.04 Å². The molecule has 0 spiro atoms. The van der Waals surface area contributed by atoms with Crippen molar-refractivity contribution in [1.82, 2.24) is 5.32 Å². The van der Waals surface area contributed by atoms with Crippen molar-refractivity contribution in [3.8, 4) is 0 Å². The average molecular weight is 386 g/mol. The van der Waals surface area contributed by atoms with E-state index in [0.29, 0.717) is 11.3 Å². The van der Waals surface area contributed by atoms with Gasteiger partial charge in [-0.2, -0.15) is 0 Å². The first-order valence-corrected chi connectivity index (χ1v) is 9.87. The first-order chi connectivity index (χ1) is 12.7. The van der Waals surface area contributed by atoms with Gasteiger partial charge < -0.3 is 10.6 Å². The summed E-state index contributed by atoms with van der Waals surface area (Å²) in [7, 11) is 0. The van der Waals surface area contributed by atoms with Crippen LogP contribution in [0, 0.1) is 11.2 Å². The van der Waals surface area contributed by atoms with Gasteiger partial charge in [0.2, 0.25) is 5.91 Å². The number of carbonyl (C=O) groups excluding carboxylic acids is 2. The van der Waals surface area contributed by atoms with Crippen LogP contribution in [0.4, 0.5) is 10.1 Å². The molecule has 0 saturated carbocycles. The Bertz CT molecular complexity index is 877. The molecule has 2 aromatic rings. The molecule has 0 radical (unpaired) electrons. The molecule has 0 aliphatic carbocycles. The molecule has 4 nitrogen and oxygen atoms in total. The van der Waals surface area contributed by atoms with E-state index in [0.717, 1.165) is 22.6 Å². The zero-order valence-electron chi connectivity index (χ0n) is 15.6. The highest BCUT2D eigenvalue weighted by Gasteiger charge is 2.24. The molecule has 2 aromatic carbocycles. The Hall–Kier alpha value is -2.34. The average Bonchev–Trinajstić information content (AvgIpc) is 2.61. The quantitative estimate of drug-likeness (QED) is 0.798. The summed E-state index contributed by atoms with van der Waals surface area (Å²) in [6.45, 7) is 5.49. The van der Waals surface area contributed by atoms with Crippen LogP contribution in [0.25, 0.3) is 0 Å². The Labute approximate surface area is 162 Å². The Balaban J connectivity index is 1.75. The lowest BCUT2D eigenvalue weighted by molar-refractivity contribution is -0.123. The van der Waals surface area contributed by atoms with Gasteiger partial charge in [-0.15, -0.1) is 11.8 Å². The Morgan fingerprint density at radius 2 is 1.93 bits per heavy atom. The van der Waals surface area contributed by atoms with Gasteiger partial charge in [0.1, 0.15) is 5.82 Å². The zero-order chi connectivity index (χ0) is 19.6. The van der Waals surface area contributed by atoms with Gasteiger partial charge in [-0.1, -0.05) is 26.8 Å². The van der Waals surface area contributed by atoms with Crippen molar-refractivity contribution in [2.75, 3.05) is 11.1 Å². The van der Waals surface area contributed by atoms with Gasteiger partial charge in [0.25, 0.3) is 5.91 Å². The number of halogens is 1. The summed E-state index contributed by atoms with van der Waals surface area (Å²) in [6, 6.07) is 11.3. The number of hydrogen-bond acceptors (Lipinski definition) is 3. The molecule has 6 heteroatoms. The van der Waals surface area contributed by atoms with E-state index in [2.05, 4.69) is 10.6 Å². The monoisotopic (exact) mass is 386 g/mol. The predicted molar refractivity (Wildman–Crippen MR) is 106 cm³/mol. The second kappa shape index (κ2) is 7.72. The highest BCUT2D eigenvalue weighted by Crippen LogP contribution is 2.36. The molecule has 2 N–H and O–H groups in total.